The van der Waals surface area contributed by atoms with Crippen LogP contribution in [0.1, 0.15) is 34.0 Å². The van der Waals surface area contributed by atoms with Gasteiger partial charge in [-0.05, 0) is 72.3 Å². The maximum atomic E-state index is 12.9. The van der Waals surface area contributed by atoms with Gasteiger partial charge in [0.25, 0.3) is 5.91 Å². The summed E-state index contributed by atoms with van der Waals surface area (Å²) in [7, 11) is 0. The largest absolute Gasteiger partial charge is 0.490 e. The minimum absolute atomic E-state index is 0.0532. The molecule has 3 rings (SSSR count). The predicted octanol–water partition coefficient (Wildman–Crippen LogP) is 6.85. The van der Waals surface area contributed by atoms with Crippen molar-refractivity contribution in [2.45, 2.75) is 26.6 Å². The Balaban J connectivity index is 1.81. The summed E-state index contributed by atoms with van der Waals surface area (Å²) in [6.45, 7) is 4.50. The molecular formula is C24H21F3INO3. The van der Waals surface area contributed by atoms with Gasteiger partial charge in [0, 0.05) is 11.3 Å². The van der Waals surface area contributed by atoms with E-state index in [0.717, 1.165) is 23.3 Å². The zero-order valence-electron chi connectivity index (χ0n) is 17.4. The smallest absolute Gasteiger partial charge is 0.416 e. The number of benzene rings is 3. The van der Waals surface area contributed by atoms with Crippen molar-refractivity contribution < 1.29 is 27.4 Å². The summed E-state index contributed by atoms with van der Waals surface area (Å²) in [6, 6.07) is 15.6. The van der Waals surface area contributed by atoms with E-state index < -0.39 is 17.6 Å². The molecule has 0 spiro atoms. The Hall–Kier alpha value is -2.75. The van der Waals surface area contributed by atoms with Crippen LogP contribution in [0.3, 0.4) is 0 Å². The van der Waals surface area contributed by atoms with Gasteiger partial charge in [-0.3, -0.25) is 4.79 Å². The van der Waals surface area contributed by atoms with Gasteiger partial charge >= 0.3 is 6.18 Å². The van der Waals surface area contributed by atoms with Crippen LogP contribution in [0.15, 0.2) is 60.7 Å². The molecule has 0 bridgehead atoms. The molecule has 0 atom stereocenters. The van der Waals surface area contributed by atoms with Gasteiger partial charge in [-0.1, -0.05) is 35.9 Å². The van der Waals surface area contributed by atoms with Crippen molar-refractivity contribution in [3.8, 4) is 11.5 Å². The Kier molecular flexibility index (Phi) is 7.65. The average molecular weight is 555 g/mol. The molecule has 168 valence electrons. The van der Waals surface area contributed by atoms with Gasteiger partial charge in [-0.25, -0.2) is 0 Å². The van der Waals surface area contributed by atoms with Crippen molar-refractivity contribution in [2.75, 3.05) is 11.9 Å². The predicted molar refractivity (Wildman–Crippen MR) is 125 cm³/mol. The highest BCUT2D eigenvalue weighted by molar-refractivity contribution is 14.1. The van der Waals surface area contributed by atoms with Gasteiger partial charge in [0.1, 0.15) is 6.61 Å². The highest BCUT2D eigenvalue weighted by Gasteiger charge is 2.30. The highest BCUT2D eigenvalue weighted by Crippen LogP contribution is 2.35. The summed E-state index contributed by atoms with van der Waals surface area (Å²) in [5.41, 5.74) is 1.60. The van der Waals surface area contributed by atoms with Gasteiger partial charge < -0.3 is 14.8 Å². The molecule has 3 aromatic carbocycles. The molecule has 3 aromatic rings. The van der Waals surface area contributed by atoms with Crippen molar-refractivity contribution >= 4 is 34.2 Å². The van der Waals surface area contributed by atoms with Crippen LogP contribution in [0.2, 0.25) is 0 Å². The molecule has 1 amide bonds. The molecule has 4 nitrogen and oxygen atoms in total. The molecule has 0 saturated carbocycles. The lowest BCUT2D eigenvalue weighted by atomic mass is 10.1. The molecule has 0 unspecified atom stereocenters. The quantitative estimate of drug-likeness (QED) is 0.325. The van der Waals surface area contributed by atoms with Crippen molar-refractivity contribution in [1.29, 1.82) is 0 Å². The Bertz CT molecular complexity index is 1100. The SMILES string of the molecule is CCOc1cc(C(=O)Nc2cccc(C(F)(F)F)c2)cc(I)c1OCc1ccc(C)cc1. The van der Waals surface area contributed by atoms with Crippen LogP contribution in [-0.2, 0) is 12.8 Å². The van der Waals surface area contributed by atoms with Gasteiger partial charge in [-0.2, -0.15) is 13.2 Å². The minimum atomic E-state index is -4.49. The first kappa shape index (κ1) is 23.9. The van der Waals surface area contributed by atoms with E-state index in [2.05, 4.69) is 5.32 Å². The number of halogens is 4. The van der Waals surface area contributed by atoms with Crippen LogP contribution in [0.4, 0.5) is 18.9 Å². The van der Waals surface area contributed by atoms with Crippen LogP contribution in [0.25, 0.3) is 0 Å². The second-order valence-electron chi connectivity index (χ2n) is 7.03. The van der Waals surface area contributed by atoms with Crippen molar-refractivity contribution in [1.82, 2.24) is 0 Å². The van der Waals surface area contributed by atoms with Crippen molar-refractivity contribution in [3.63, 3.8) is 0 Å². The second kappa shape index (κ2) is 10.2. The molecule has 0 heterocycles. The summed E-state index contributed by atoms with van der Waals surface area (Å²) in [5.74, 6) is 0.345. The van der Waals surface area contributed by atoms with Crippen LogP contribution >= 0.6 is 22.6 Å². The highest BCUT2D eigenvalue weighted by atomic mass is 127. The number of ether oxygens (including phenoxy) is 2. The van der Waals surface area contributed by atoms with Gasteiger partial charge in [0.15, 0.2) is 11.5 Å². The Morgan fingerprint density at radius 1 is 1.03 bits per heavy atom. The van der Waals surface area contributed by atoms with Crippen molar-refractivity contribution in [3.05, 3.63) is 86.5 Å². The number of aryl methyl sites for hydroxylation is 1. The number of carbonyl (C=O) groups excluding carboxylic acids is 1. The molecule has 0 aromatic heterocycles. The van der Waals surface area contributed by atoms with E-state index in [4.69, 9.17) is 9.47 Å². The van der Waals surface area contributed by atoms with Gasteiger partial charge in [-0.15, -0.1) is 0 Å². The summed E-state index contributed by atoms with van der Waals surface area (Å²) >= 11 is 2.05. The van der Waals surface area contributed by atoms with E-state index in [1.165, 1.54) is 18.2 Å². The van der Waals surface area contributed by atoms with Gasteiger partial charge in [0.2, 0.25) is 0 Å². The zero-order valence-corrected chi connectivity index (χ0v) is 19.6. The first-order chi connectivity index (χ1) is 15.2. The number of nitrogens with one attached hydrogen (secondary N) is 1. The number of alkyl halides is 3. The Morgan fingerprint density at radius 2 is 1.75 bits per heavy atom. The number of carbonyl (C=O) groups is 1. The van der Waals surface area contributed by atoms with Crippen LogP contribution < -0.4 is 14.8 Å². The minimum Gasteiger partial charge on any atom is -0.490 e. The number of hydrogen-bond acceptors (Lipinski definition) is 3. The van der Waals surface area contributed by atoms with E-state index in [-0.39, 0.29) is 11.3 Å². The first-order valence-corrected chi connectivity index (χ1v) is 10.9. The lowest BCUT2D eigenvalue weighted by molar-refractivity contribution is -0.137. The molecule has 0 aliphatic rings. The number of rotatable bonds is 7. The number of amides is 1. The summed E-state index contributed by atoms with van der Waals surface area (Å²) in [6.07, 6.45) is -4.49. The third-order valence-electron chi connectivity index (χ3n) is 4.52. The molecule has 1 N–H and O–H groups in total. The Morgan fingerprint density at radius 3 is 2.41 bits per heavy atom. The third kappa shape index (κ3) is 6.15. The lowest BCUT2D eigenvalue weighted by Gasteiger charge is -2.16. The molecule has 0 radical (unpaired) electrons. The Labute approximate surface area is 197 Å². The molecule has 0 fully saturated rings. The van der Waals surface area contributed by atoms with Crippen molar-refractivity contribution in [2.24, 2.45) is 0 Å². The molecule has 0 aliphatic heterocycles. The molecular weight excluding hydrogens is 534 g/mol. The maximum Gasteiger partial charge on any atom is 0.416 e. The average Bonchev–Trinajstić information content (AvgIpc) is 2.74. The van der Waals surface area contributed by atoms with E-state index in [0.29, 0.717) is 28.3 Å². The number of hydrogen-bond donors (Lipinski definition) is 1. The van der Waals surface area contributed by atoms with Crippen LogP contribution in [0, 0.1) is 10.5 Å². The first-order valence-electron chi connectivity index (χ1n) is 9.80. The summed E-state index contributed by atoms with van der Waals surface area (Å²) < 4.78 is 51.1. The fourth-order valence-corrected chi connectivity index (χ4v) is 3.68. The second-order valence-corrected chi connectivity index (χ2v) is 8.19. The standard InChI is InChI=1S/C24H21F3INO3/c1-3-31-21-12-17(23(30)29-19-6-4-5-18(13-19)24(25,26)27)11-20(28)22(21)32-14-16-9-7-15(2)8-10-16/h4-13H,3,14H2,1-2H3,(H,29,30). The summed E-state index contributed by atoms with van der Waals surface area (Å²) in [5, 5.41) is 2.51. The topological polar surface area (TPSA) is 47.6 Å². The number of anilines is 1. The van der Waals surface area contributed by atoms with E-state index >= 15 is 0 Å². The molecule has 8 heteroatoms. The molecule has 32 heavy (non-hydrogen) atoms. The third-order valence-corrected chi connectivity index (χ3v) is 5.32. The summed E-state index contributed by atoms with van der Waals surface area (Å²) in [4.78, 5) is 12.7. The lowest BCUT2D eigenvalue weighted by Crippen LogP contribution is -2.14. The van der Waals surface area contributed by atoms with E-state index in [9.17, 15) is 18.0 Å². The monoisotopic (exact) mass is 555 g/mol. The molecule has 0 saturated heterocycles. The van der Waals surface area contributed by atoms with Crippen LogP contribution in [0.5, 0.6) is 11.5 Å². The van der Waals surface area contributed by atoms with Gasteiger partial charge in [0.05, 0.1) is 15.7 Å². The maximum absolute atomic E-state index is 12.9. The zero-order chi connectivity index (χ0) is 23.3. The van der Waals surface area contributed by atoms with E-state index in [1.807, 2.05) is 60.7 Å². The van der Waals surface area contributed by atoms with E-state index in [1.54, 1.807) is 6.07 Å². The fraction of sp³-hybridized carbons (Fsp3) is 0.208. The molecule has 0 aliphatic carbocycles. The fourth-order valence-electron chi connectivity index (χ4n) is 2.92. The van der Waals surface area contributed by atoms with Crippen LogP contribution in [-0.4, -0.2) is 12.5 Å². The normalized spacial score (nSPS) is 11.2.